The van der Waals surface area contributed by atoms with Gasteiger partial charge in [0.25, 0.3) is 0 Å². The Morgan fingerprint density at radius 3 is 2.54 bits per heavy atom. The van der Waals surface area contributed by atoms with Crippen molar-refractivity contribution >= 4 is 38.5 Å². The van der Waals surface area contributed by atoms with E-state index in [1.807, 2.05) is 18.2 Å². The molecule has 1 amide bonds. The third-order valence-corrected chi connectivity index (χ3v) is 7.02. The first kappa shape index (κ1) is 19.2. The first-order valence-corrected chi connectivity index (χ1v) is 11.6. The highest BCUT2D eigenvalue weighted by Gasteiger charge is 2.24. The lowest BCUT2D eigenvalue weighted by Gasteiger charge is -2.30. The summed E-state index contributed by atoms with van der Waals surface area (Å²) in [5, 5.41) is 5.36. The molecule has 0 aromatic heterocycles. The third-order valence-electron chi connectivity index (χ3n) is 4.72. The monoisotopic (exact) mass is 392 g/mol. The number of hydrogen-bond donors (Lipinski definition) is 1. The molecule has 7 heteroatoms. The second-order valence-corrected chi connectivity index (χ2v) is 9.74. The van der Waals surface area contributed by atoms with Crippen LogP contribution in [0, 0.1) is 5.92 Å². The van der Waals surface area contributed by atoms with Gasteiger partial charge in [-0.2, -0.15) is 0 Å². The minimum atomic E-state index is -3.09. The molecule has 0 bridgehead atoms. The van der Waals surface area contributed by atoms with E-state index >= 15 is 0 Å². The summed E-state index contributed by atoms with van der Waals surface area (Å²) in [5.41, 5.74) is 0. The molecule has 0 spiro atoms. The second-order valence-electron chi connectivity index (χ2n) is 6.71. The van der Waals surface area contributed by atoms with Gasteiger partial charge in [0.15, 0.2) is 0 Å². The van der Waals surface area contributed by atoms with E-state index in [1.165, 1.54) is 33.1 Å². The fraction of sp³-hybridized carbons (Fsp3) is 0.421. The van der Waals surface area contributed by atoms with Crippen molar-refractivity contribution in [3.8, 4) is 0 Å². The van der Waals surface area contributed by atoms with Gasteiger partial charge < -0.3 is 5.32 Å². The molecule has 140 valence electrons. The van der Waals surface area contributed by atoms with E-state index in [2.05, 4.69) is 29.6 Å². The van der Waals surface area contributed by atoms with Crippen molar-refractivity contribution in [1.29, 1.82) is 0 Å². The Kier molecular flexibility index (Phi) is 6.21. The van der Waals surface area contributed by atoms with Gasteiger partial charge >= 0.3 is 0 Å². The largest absolute Gasteiger partial charge is 0.355 e. The number of carbonyl (C=O) groups is 1. The number of nitrogens with zero attached hydrogens (tertiary/aromatic N) is 1. The average Bonchev–Trinajstić information content (AvgIpc) is 2.64. The number of rotatable bonds is 6. The molecule has 0 atom stereocenters. The van der Waals surface area contributed by atoms with E-state index in [0.717, 1.165) is 17.7 Å². The lowest BCUT2D eigenvalue weighted by Crippen LogP contribution is -2.41. The molecule has 1 saturated heterocycles. The highest BCUT2D eigenvalue weighted by molar-refractivity contribution is 8.00. The molecule has 2 aromatic rings. The molecule has 1 heterocycles. The van der Waals surface area contributed by atoms with Crippen LogP contribution in [0.15, 0.2) is 47.4 Å². The number of hydrogen-bond acceptors (Lipinski definition) is 4. The predicted octanol–water partition coefficient (Wildman–Crippen LogP) is 2.72. The number of thioether (sulfide) groups is 1. The first-order valence-electron chi connectivity index (χ1n) is 8.75. The van der Waals surface area contributed by atoms with Crippen molar-refractivity contribution in [2.75, 3.05) is 31.6 Å². The number of carbonyl (C=O) groups excluding carboxylic acids is 1. The lowest BCUT2D eigenvalue weighted by molar-refractivity contribution is -0.118. The average molecular weight is 393 g/mol. The van der Waals surface area contributed by atoms with Crippen LogP contribution in [0.1, 0.15) is 12.8 Å². The number of nitrogens with one attached hydrogen (secondary N) is 1. The van der Waals surface area contributed by atoms with Crippen LogP contribution in [-0.2, 0) is 14.8 Å². The highest BCUT2D eigenvalue weighted by Crippen LogP contribution is 2.23. The molecule has 0 saturated carbocycles. The summed E-state index contributed by atoms with van der Waals surface area (Å²) in [6.45, 7) is 1.71. The van der Waals surface area contributed by atoms with Gasteiger partial charge in [-0.05, 0) is 41.7 Å². The maximum atomic E-state index is 12.1. The van der Waals surface area contributed by atoms with E-state index in [0.29, 0.717) is 31.3 Å². The van der Waals surface area contributed by atoms with Crippen LogP contribution in [0.3, 0.4) is 0 Å². The smallest absolute Gasteiger partial charge is 0.230 e. The standard InChI is InChI=1S/C19H24N2O3S2/c1-26(23,24)21-10-8-15(9-11-21)13-20-19(22)14-25-18-7-6-16-4-2-3-5-17(16)12-18/h2-7,12,15H,8-11,13-14H2,1H3,(H,20,22). The Labute approximate surface area is 159 Å². The minimum absolute atomic E-state index is 0.0219. The molecule has 0 unspecified atom stereocenters. The van der Waals surface area contributed by atoms with E-state index in [4.69, 9.17) is 0 Å². The van der Waals surface area contributed by atoms with Crippen molar-refractivity contribution in [1.82, 2.24) is 9.62 Å². The molecule has 5 nitrogen and oxygen atoms in total. The quantitative estimate of drug-likeness (QED) is 0.768. The Balaban J connectivity index is 1.42. The van der Waals surface area contributed by atoms with Crippen LogP contribution in [-0.4, -0.2) is 50.3 Å². The van der Waals surface area contributed by atoms with Crippen molar-refractivity contribution < 1.29 is 13.2 Å². The van der Waals surface area contributed by atoms with E-state index in [1.54, 1.807) is 0 Å². The molecule has 0 aliphatic carbocycles. The molecule has 1 fully saturated rings. The minimum Gasteiger partial charge on any atom is -0.355 e. The van der Waals surface area contributed by atoms with Crippen LogP contribution in [0.5, 0.6) is 0 Å². The maximum absolute atomic E-state index is 12.1. The van der Waals surface area contributed by atoms with E-state index < -0.39 is 10.0 Å². The molecule has 26 heavy (non-hydrogen) atoms. The molecule has 1 N–H and O–H groups in total. The van der Waals surface area contributed by atoms with Gasteiger partial charge in [-0.15, -0.1) is 11.8 Å². The second kappa shape index (κ2) is 8.41. The molecular weight excluding hydrogens is 368 g/mol. The Morgan fingerprint density at radius 2 is 1.85 bits per heavy atom. The molecule has 0 radical (unpaired) electrons. The first-order chi connectivity index (χ1) is 12.4. The Bertz CT molecular complexity index is 875. The fourth-order valence-corrected chi connectivity index (χ4v) is 4.81. The van der Waals surface area contributed by atoms with Gasteiger partial charge in [0.1, 0.15) is 0 Å². The molecule has 1 aliphatic heterocycles. The zero-order valence-corrected chi connectivity index (χ0v) is 16.5. The topological polar surface area (TPSA) is 66.5 Å². The number of sulfonamides is 1. The summed E-state index contributed by atoms with van der Waals surface area (Å²) in [6.07, 6.45) is 2.84. The summed E-state index contributed by atoms with van der Waals surface area (Å²) in [6, 6.07) is 14.4. The van der Waals surface area contributed by atoms with Gasteiger partial charge in [-0.3, -0.25) is 4.79 Å². The molecular formula is C19H24N2O3S2. The van der Waals surface area contributed by atoms with Gasteiger partial charge in [0.05, 0.1) is 12.0 Å². The van der Waals surface area contributed by atoms with Gasteiger partial charge in [-0.25, -0.2) is 12.7 Å². The number of benzene rings is 2. The van der Waals surface area contributed by atoms with Crippen LogP contribution in [0.2, 0.25) is 0 Å². The van der Waals surface area contributed by atoms with Crippen LogP contribution in [0.25, 0.3) is 10.8 Å². The summed E-state index contributed by atoms with van der Waals surface area (Å²) in [7, 11) is -3.09. The number of amides is 1. The number of fused-ring (bicyclic) bond motifs is 1. The van der Waals surface area contributed by atoms with Gasteiger partial charge in [0, 0.05) is 24.5 Å². The SMILES string of the molecule is CS(=O)(=O)N1CCC(CNC(=O)CSc2ccc3ccccc3c2)CC1. The highest BCUT2D eigenvalue weighted by atomic mass is 32.2. The van der Waals surface area contributed by atoms with E-state index in [9.17, 15) is 13.2 Å². The maximum Gasteiger partial charge on any atom is 0.230 e. The van der Waals surface area contributed by atoms with Crippen molar-refractivity contribution in [3.05, 3.63) is 42.5 Å². The summed E-state index contributed by atoms with van der Waals surface area (Å²) >= 11 is 1.53. The Hall–Kier alpha value is -1.57. The van der Waals surface area contributed by atoms with E-state index in [-0.39, 0.29) is 5.91 Å². The molecule has 2 aromatic carbocycles. The van der Waals surface area contributed by atoms with Crippen LogP contribution >= 0.6 is 11.8 Å². The molecule has 3 rings (SSSR count). The van der Waals surface area contributed by atoms with Crippen LogP contribution < -0.4 is 5.32 Å². The zero-order valence-electron chi connectivity index (χ0n) is 14.8. The molecule has 1 aliphatic rings. The van der Waals surface area contributed by atoms with Crippen molar-refractivity contribution in [2.45, 2.75) is 17.7 Å². The third kappa shape index (κ3) is 5.22. The summed E-state index contributed by atoms with van der Waals surface area (Å²) in [4.78, 5) is 13.2. The van der Waals surface area contributed by atoms with Crippen molar-refractivity contribution in [2.24, 2.45) is 5.92 Å². The fourth-order valence-electron chi connectivity index (χ4n) is 3.16. The predicted molar refractivity (Wildman–Crippen MR) is 107 cm³/mol. The van der Waals surface area contributed by atoms with Gasteiger partial charge in [0.2, 0.25) is 15.9 Å². The Morgan fingerprint density at radius 1 is 1.15 bits per heavy atom. The normalized spacial score (nSPS) is 16.7. The summed E-state index contributed by atoms with van der Waals surface area (Å²) in [5.74, 6) is 0.761. The lowest BCUT2D eigenvalue weighted by atomic mass is 9.98. The summed E-state index contributed by atoms with van der Waals surface area (Å²) < 4.78 is 24.5. The van der Waals surface area contributed by atoms with Gasteiger partial charge in [-0.1, -0.05) is 30.3 Å². The number of piperidine rings is 1. The van der Waals surface area contributed by atoms with Crippen molar-refractivity contribution in [3.63, 3.8) is 0 Å². The van der Waals surface area contributed by atoms with Crippen LogP contribution in [0.4, 0.5) is 0 Å². The zero-order chi connectivity index (χ0) is 18.6.